The van der Waals surface area contributed by atoms with Crippen molar-refractivity contribution in [3.8, 4) is 0 Å². The summed E-state index contributed by atoms with van der Waals surface area (Å²) in [6.07, 6.45) is 3.84. The van der Waals surface area contributed by atoms with E-state index in [4.69, 9.17) is 9.47 Å². The van der Waals surface area contributed by atoms with Gasteiger partial charge in [0.2, 0.25) is 0 Å². The molecular formula is C28H32N4O6. The molecule has 4 N–H and O–H groups in total. The maximum Gasteiger partial charge on any atom is 0.333 e. The summed E-state index contributed by atoms with van der Waals surface area (Å²) in [6, 6.07) is 13.7. The van der Waals surface area contributed by atoms with Gasteiger partial charge in [0.15, 0.2) is 0 Å². The van der Waals surface area contributed by atoms with Crippen LogP contribution in [0.1, 0.15) is 25.0 Å². The van der Waals surface area contributed by atoms with Crippen LogP contribution in [0.2, 0.25) is 0 Å². The van der Waals surface area contributed by atoms with Gasteiger partial charge < -0.3 is 30.7 Å². The molecule has 0 heterocycles. The quantitative estimate of drug-likeness (QED) is 0.142. The van der Waals surface area contributed by atoms with Gasteiger partial charge in [0.05, 0.1) is 13.1 Å². The molecule has 0 saturated heterocycles. The summed E-state index contributed by atoms with van der Waals surface area (Å²) >= 11 is 0. The molecule has 0 radical (unpaired) electrons. The Morgan fingerprint density at radius 2 is 1.00 bits per heavy atom. The predicted molar refractivity (Wildman–Crippen MR) is 147 cm³/mol. The number of anilines is 2. The molecule has 2 aromatic carbocycles. The van der Waals surface area contributed by atoms with Crippen molar-refractivity contribution < 1.29 is 28.7 Å². The van der Waals surface area contributed by atoms with Gasteiger partial charge in [-0.1, -0.05) is 49.6 Å². The van der Waals surface area contributed by atoms with E-state index in [1.54, 1.807) is 38.1 Å². The van der Waals surface area contributed by atoms with E-state index in [-0.39, 0.29) is 26.3 Å². The lowest BCUT2D eigenvalue weighted by Crippen LogP contribution is -2.32. The van der Waals surface area contributed by atoms with Crippen LogP contribution in [0.15, 0.2) is 72.8 Å². The fourth-order valence-electron chi connectivity index (χ4n) is 2.76. The van der Waals surface area contributed by atoms with Gasteiger partial charge >= 0.3 is 24.0 Å². The maximum absolute atomic E-state index is 11.9. The largest absolute Gasteiger partial charge is 0.460 e. The number of nitrogens with one attached hydrogen (secondary N) is 4. The van der Waals surface area contributed by atoms with Gasteiger partial charge in [-0.25, -0.2) is 19.2 Å². The Morgan fingerprint density at radius 1 is 0.658 bits per heavy atom. The van der Waals surface area contributed by atoms with Crippen LogP contribution in [-0.4, -0.2) is 50.3 Å². The number of benzene rings is 2. The van der Waals surface area contributed by atoms with Crippen molar-refractivity contribution in [1.29, 1.82) is 0 Å². The molecule has 2 aromatic rings. The lowest BCUT2D eigenvalue weighted by atomic mass is 10.1. The first-order valence-corrected chi connectivity index (χ1v) is 11.8. The van der Waals surface area contributed by atoms with Crippen LogP contribution in [0.25, 0.3) is 12.2 Å². The van der Waals surface area contributed by atoms with Gasteiger partial charge in [-0.3, -0.25) is 0 Å². The molecule has 0 bridgehead atoms. The summed E-state index contributed by atoms with van der Waals surface area (Å²) in [5.74, 6) is -0.994. The number of hydrogen-bond donors (Lipinski definition) is 4. The minimum atomic E-state index is -0.497. The number of carbonyl (C=O) groups excluding carboxylic acids is 4. The molecule has 38 heavy (non-hydrogen) atoms. The molecule has 4 amide bonds. The SMILES string of the molecule is C=C(C)C(=O)OCCNC(=O)Nc1ccc(/C=C\c2ccc(NC(=O)NCCOC(=O)C(=C)C)cc2)cc1. The number of hydrogen-bond acceptors (Lipinski definition) is 6. The van der Waals surface area contributed by atoms with Crippen molar-refractivity contribution in [2.24, 2.45) is 0 Å². The van der Waals surface area contributed by atoms with E-state index in [9.17, 15) is 19.2 Å². The highest BCUT2D eigenvalue weighted by Crippen LogP contribution is 2.15. The molecule has 2 rings (SSSR count). The van der Waals surface area contributed by atoms with Crippen LogP contribution in [0.4, 0.5) is 21.0 Å². The Hall–Kier alpha value is -4.86. The molecule has 0 spiro atoms. The first-order chi connectivity index (χ1) is 18.1. The number of carbonyl (C=O) groups is 4. The predicted octanol–water partition coefficient (Wildman–Crippen LogP) is 4.34. The van der Waals surface area contributed by atoms with Crippen LogP contribution >= 0.6 is 0 Å². The van der Waals surface area contributed by atoms with Crippen molar-refractivity contribution >= 4 is 47.5 Å². The van der Waals surface area contributed by atoms with E-state index in [1.165, 1.54) is 0 Å². The number of esters is 2. The number of urea groups is 2. The molecule has 0 aromatic heterocycles. The minimum absolute atomic E-state index is 0.0574. The molecule has 0 fully saturated rings. The van der Waals surface area contributed by atoms with Gasteiger partial charge in [0, 0.05) is 22.5 Å². The first kappa shape index (κ1) is 29.4. The second-order valence-electron chi connectivity index (χ2n) is 8.17. The zero-order valence-corrected chi connectivity index (χ0v) is 21.5. The molecule has 0 aliphatic heterocycles. The van der Waals surface area contributed by atoms with Crippen LogP contribution in [-0.2, 0) is 19.1 Å². The van der Waals surface area contributed by atoms with Gasteiger partial charge in [-0.2, -0.15) is 0 Å². The fourth-order valence-corrected chi connectivity index (χ4v) is 2.76. The zero-order chi connectivity index (χ0) is 27.9. The molecule has 10 nitrogen and oxygen atoms in total. The highest BCUT2D eigenvalue weighted by atomic mass is 16.5. The molecular weight excluding hydrogens is 488 g/mol. The van der Waals surface area contributed by atoms with E-state index >= 15 is 0 Å². The van der Waals surface area contributed by atoms with Crippen molar-refractivity contribution in [3.63, 3.8) is 0 Å². The van der Waals surface area contributed by atoms with E-state index in [1.807, 2.05) is 36.4 Å². The van der Waals surface area contributed by atoms with Crippen LogP contribution in [0.3, 0.4) is 0 Å². The van der Waals surface area contributed by atoms with E-state index in [0.29, 0.717) is 22.5 Å². The third-order valence-corrected chi connectivity index (χ3v) is 4.74. The fraction of sp³-hybridized carbons (Fsp3) is 0.214. The molecule has 200 valence electrons. The van der Waals surface area contributed by atoms with Gasteiger partial charge in [0.1, 0.15) is 13.2 Å². The lowest BCUT2D eigenvalue weighted by Gasteiger charge is -2.09. The van der Waals surface area contributed by atoms with Crippen molar-refractivity contribution in [3.05, 3.63) is 84.0 Å². The Balaban J connectivity index is 1.73. The van der Waals surface area contributed by atoms with E-state index in [2.05, 4.69) is 34.4 Å². The maximum atomic E-state index is 11.9. The smallest absolute Gasteiger partial charge is 0.333 e. The Morgan fingerprint density at radius 3 is 1.32 bits per heavy atom. The van der Waals surface area contributed by atoms with E-state index in [0.717, 1.165) is 11.1 Å². The Bertz CT molecular complexity index is 1090. The molecule has 0 atom stereocenters. The number of ether oxygens (including phenoxy) is 2. The monoisotopic (exact) mass is 520 g/mol. The third kappa shape index (κ3) is 11.3. The second-order valence-corrected chi connectivity index (χ2v) is 8.17. The van der Waals surface area contributed by atoms with Crippen LogP contribution in [0, 0.1) is 0 Å². The third-order valence-electron chi connectivity index (χ3n) is 4.74. The summed E-state index contributed by atoms with van der Waals surface area (Å²) in [4.78, 5) is 46.5. The average molecular weight is 521 g/mol. The normalized spacial score (nSPS) is 10.3. The lowest BCUT2D eigenvalue weighted by molar-refractivity contribution is -0.139. The summed E-state index contributed by atoms with van der Waals surface area (Å²) in [6.45, 7) is 10.5. The van der Waals surface area contributed by atoms with Gasteiger partial charge in [0.25, 0.3) is 0 Å². The number of rotatable bonds is 12. The molecule has 0 unspecified atom stereocenters. The summed E-state index contributed by atoms with van der Waals surface area (Å²) in [5.41, 5.74) is 3.68. The Kier molecular flexibility index (Phi) is 11.8. The van der Waals surface area contributed by atoms with Gasteiger partial charge in [-0.15, -0.1) is 0 Å². The first-order valence-electron chi connectivity index (χ1n) is 11.8. The van der Waals surface area contributed by atoms with Crippen molar-refractivity contribution in [2.45, 2.75) is 13.8 Å². The standard InChI is InChI=1S/C28H32N4O6/c1-19(2)25(33)37-17-15-29-27(35)31-23-11-7-21(8-12-23)5-6-22-9-13-24(14-10-22)32-28(36)30-16-18-38-26(34)20(3)4/h5-14H,1,3,15-18H2,2,4H3,(H2,29,31,35)(H2,30,32,36)/b6-5-. The molecule has 0 saturated carbocycles. The highest BCUT2D eigenvalue weighted by molar-refractivity contribution is 5.90. The highest BCUT2D eigenvalue weighted by Gasteiger charge is 2.06. The van der Waals surface area contributed by atoms with Crippen molar-refractivity contribution in [2.75, 3.05) is 36.9 Å². The average Bonchev–Trinajstić information content (AvgIpc) is 2.89. The summed E-state index contributed by atoms with van der Waals surface area (Å²) < 4.78 is 9.82. The molecule has 0 aliphatic rings. The van der Waals surface area contributed by atoms with E-state index < -0.39 is 24.0 Å². The molecule has 0 aliphatic carbocycles. The second kappa shape index (κ2) is 15.3. The summed E-state index contributed by atoms with van der Waals surface area (Å²) in [7, 11) is 0. The minimum Gasteiger partial charge on any atom is -0.460 e. The summed E-state index contributed by atoms with van der Waals surface area (Å²) in [5, 5.41) is 10.6. The van der Waals surface area contributed by atoms with Crippen molar-refractivity contribution in [1.82, 2.24) is 10.6 Å². The zero-order valence-electron chi connectivity index (χ0n) is 21.5. The molecule has 10 heteroatoms. The Labute approximate surface area is 221 Å². The van der Waals surface area contributed by atoms with Crippen LogP contribution < -0.4 is 21.3 Å². The number of amides is 4. The topological polar surface area (TPSA) is 135 Å². The van der Waals surface area contributed by atoms with Crippen LogP contribution in [0.5, 0.6) is 0 Å². The van der Waals surface area contributed by atoms with Gasteiger partial charge in [-0.05, 0) is 49.2 Å².